The van der Waals surface area contributed by atoms with Gasteiger partial charge in [0.1, 0.15) is 12.0 Å². The molecule has 7 nitrogen and oxygen atoms in total. The topological polar surface area (TPSA) is 96.1 Å². The minimum atomic E-state index is 0.426. The maximum absolute atomic E-state index is 5.63. The fraction of sp³-hybridized carbons (Fsp3) is 0.125. The van der Waals surface area contributed by atoms with Crippen LogP contribution in [0.1, 0.15) is 11.6 Å². The molecule has 0 aliphatic carbocycles. The van der Waals surface area contributed by atoms with Crippen LogP contribution in [-0.4, -0.2) is 16.4 Å². The van der Waals surface area contributed by atoms with Gasteiger partial charge in [0.15, 0.2) is 0 Å². The lowest BCUT2D eigenvalue weighted by atomic mass is 10.5. The molecule has 0 aliphatic heterocycles. The average molecular weight is 207 g/mol. The van der Waals surface area contributed by atoms with Crippen molar-refractivity contribution in [3.8, 4) is 0 Å². The van der Waals surface area contributed by atoms with Crippen LogP contribution < -0.4 is 15.9 Å². The normalized spacial score (nSPS) is 11.0. The molecule has 0 unspecified atom stereocenters. The fourth-order valence-electron chi connectivity index (χ4n) is 0.998. The molecule has 7 heteroatoms. The van der Waals surface area contributed by atoms with E-state index in [4.69, 9.17) is 10.3 Å². The van der Waals surface area contributed by atoms with E-state index < -0.39 is 0 Å². The van der Waals surface area contributed by atoms with Crippen LogP contribution in [0.15, 0.2) is 27.9 Å². The predicted octanol–water partition coefficient (Wildman–Crippen LogP) is -0.242. The zero-order valence-corrected chi connectivity index (χ0v) is 8.14. The second-order valence-electron chi connectivity index (χ2n) is 2.89. The Balaban J connectivity index is 2.02. The first-order chi connectivity index (χ1) is 7.27. The Morgan fingerprint density at radius 2 is 2.60 bits per heavy atom. The molecule has 4 N–H and O–H groups in total. The Bertz CT molecular complexity index is 457. The van der Waals surface area contributed by atoms with Gasteiger partial charge in [0, 0.05) is 12.0 Å². The monoisotopic (exact) mass is 207 g/mol. The molecule has 0 spiro atoms. The van der Waals surface area contributed by atoms with Gasteiger partial charge >= 0.3 is 5.95 Å². The number of hydrogen-bond acceptors (Lipinski definition) is 5. The number of hydrazone groups is 1. The first-order valence-corrected chi connectivity index (χ1v) is 4.32. The number of nitrogens with one attached hydrogen (secondary N) is 2. The smallest absolute Gasteiger partial charge is 0.421 e. The third-order valence-corrected chi connectivity index (χ3v) is 1.81. The third kappa shape index (κ3) is 1.96. The molecule has 0 fully saturated rings. The minimum absolute atomic E-state index is 0.426. The molecule has 0 saturated heterocycles. The van der Waals surface area contributed by atoms with Crippen molar-refractivity contribution in [1.82, 2.24) is 10.2 Å². The number of H-pyrrole nitrogens is 1. The summed E-state index contributed by atoms with van der Waals surface area (Å²) < 4.78 is 6.41. The van der Waals surface area contributed by atoms with Crippen LogP contribution in [0.25, 0.3) is 0 Å². The van der Waals surface area contributed by atoms with Crippen molar-refractivity contribution in [2.45, 2.75) is 6.92 Å². The van der Waals surface area contributed by atoms with Crippen LogP contribution in [0.3, 0.4) is 0 Å². The van der Waals surface area contributed by atoms with Crippen LogP contribution in [-0.2, 0) is 0 Å². The molecule has 15 heavy (non-hydrogen) atoms. The molecule has 0 aromatic carbocycles. The maximum atomic E-state index is 5.63. The molecule has 2 aromatic rings. The summed E-state index contributed by atoms with van der Waals surface area (Å²) in [6.07, 6.45) is 3.10. The van der Waals surface area contributed by atoms with Gasteiger partial charge in [-0.3, -0.25) is 5.84 Å². The summed E-state index contributed by atoms with van der Waals surface area (Å²) in [5, 5.41) is 10.5. The number of aromatic nitrogens is 3. The predicted molar refractivity (Wildman–Crippen MR) is 53.6 cm³/mol. The van der Waals surface area contributed by atoms with Gasteiger partial charge in [-0.25, -0.2) is 0 Å². The van der Waals surface area contributed by atoms with Crippen molar-refractivity contribution in [2.75, 3.05) is 11.3 Å². The van der Waals surface area contributed by atoms with Crippen molar-refractivity contribution >= 4 is 12.2 Å². The SMILES string of the molecule is Cc1[nH]nc(N/N=C/c2ccco2)[n+]1N. The highest BCUT2D eigenvalue weighted by atomic mass is 16.3. The number of nitrogens with two attached hydrogens (primary N) is 1. The zero-order chi connectivity index (χ0) is 10.7. The van der Waals surface area contributed by atoms with E-state index in [0.717, 1.165) is 5.82 Å². The lowest BCUT2D eigenvalue weighted by Gasteiger charge is -1.90. The van der Waals surface area contributed by atoms with Gasteiger partial charge in [-0.15, -0.1) is 9.78 Å². The van der Waals surface area contributed by atoms with Crippen molar-refractivity contribution in [1.29, 1.82) is 0 Å². The van der Waals surface area contributed by atoms with Crippen molar-refractivity contribution in [2.24, 2.45) is 5.10 Å². The van der Waals surface area contributed by atoms with E-state index in [-0.39, 0.29) is 0 Å². The van der Waals surface area contributed by atoms with Crippen molar-refractivity contribution < 1.29 is 9.09 Å². The second-order valence-corrected chi connectivity index (χ2v) is 2.89. The molecule has 0 bridgehead atoms. The summed E-state index contributed by atoms with van der Waals surface area (Å²) in [7, 11) is 0. The lowest BCUT2D eigenvalue weighted by molar-refractivity contribution is -0.631. The lowest BCUT2D eigenvalue weighted by Crippen LogP contribution is -2.47. The molecule has 78 valence electrons. The molecule has 0 atom stereocenters. The standard InChI is InChI=1S/C8H10N6O/c1-6-11-13-8(14(6)9)12-10-5-7-3-2-4-15-7/h2-5H,9H2,1H3,(H,12,13)/p+1/b10-5+. The highest BCUT2D eigenvalue weighted by Crippen LogP contribution is 1.96. The minimum Gasteiger partial charge on any atom is -0.463 e. The van der Waals surface area contributed by atoms with Crippen LogP contribution in [0, 0.1) is 6.92 Å². The largest absolute Gasteiger partial charge is 0.463 e. The number of nitrogens with zero attached hydrogens (tertiary/aromatic N) is 3. The van der Waals surface area contributed by atoms with Crippen LogP contribution in [0.2, 0.25) is 0 Å². The Morgan fingerprint density at radius 3 is 3.20 bits per heavy atom. The number of anilines is 1. The van der Waals surface area contributed by atoms with Gasteiger partial charge in [0.2, 0.25) is 5.82 Å². The van der Waals surface area contributed by atoms with E-state index in [1.807, 2.05) is 0 Å². The zero-order valence-electron chi connectivity index (χ0n) is 8.14. The Kier molecular flexibility index (Phi) is 2.36. The second kappa shape index (κ2) is 3.82. The third-order valence-electron chi connectivity index (χ3n) is 1.81. The molecule has 2 rings (SSSR count). The van der Waals surface area contributed by atoms with E-state index >= 15 is 0 Å². The van der Waals surface area contributed by atoms with E-state index in [1.165, 1.54) is 10.9 Å². The maximum Gasteiger partial charge on any atom is 0.421 e. The number of hydrogen-bond donors (Lipinski definition) is 3. The number of furan rings is 1. The molecular formula is C8H11N6O+. The number of aromatic amines is 1. The summed E-state index contributed by atoms with van der Waals surface area (Å²) in [5.74, 6) is 7.43. The van der Waals surface area contributed by atoms with Gasteiger partial charge in [-0.05, 0) is 12.1 Å². The molecule has 0 aliphatic rings. The quantitative estimate of drug-likeness (QED) is 0.280. The first-order valence-electron chi connectivity index (χ1n) is 4.32. The summed E-state index contributed by atoms with van der Waals surface area (Å²) in [6.45, 7) is 1.80. The van der Waals surface area contributed by atoms with Crippen molar-refractivity contribution in [3.05, 3.63) is 30.0 Å². The Hall–Kier alpha value is -2.31. The van der Waals surface area contributed by atoms with Gasteiger partial charge in [0.05, 0.1) is 6.26 Å². The highest BCUT2D eigenvalue weighted by Gasteiger charge is 2.11. The summed E-state index contributed by atoms with van der Waals surface area (Å²) in [5.41, 5.74) is 2.68. The van der Waals surface area contributed by atoms with E-state index in [2.05, 4.69) is 20.7 Å². The Morgan fingerprint density at radius 1 is 1.73 bits per heavy atom. The van der Waals surface area contributed by atoms with Crippen molar-refractivity contribution in [3.63, 3.8) is 0 Å². The summed E-state index contributed by atoms with van der Waals surface area (Å²) in [6, 6.07) is 3.57. The van der Waals surface area contributed by atoms with Gasteiger partial charge < -0.3 is 4.42 Å². The summed E-state index contributed by atoms with van der Waals surface area (Å²) >= 11 is 0. The van der Waals surface area contributed by atoms with Gasteiger partial charge in [-0.2, -0.15) is 10.5 Å². The number of nitrogen functional groups attached to an aromatic ring is 1. The summed E-state index contributed by atoms with van der Waals surface area (Å²) in [4.78, 5) is 0. The van der Waals surface area contributed by atoms with E-state index in [9.17, 15) is 0 Å². The fourth-order valence-corrected chi connectivity index (χ4v) is 0.998. The number of rotatable bonds is 3. The molecule has 0 radical (unpaired) electrons. The molecule has 2 aromatic heterocycles. The van der Waals surface area contributed by atoms with Crippen LogP contribution in [0.5, 0.6) is 0 Å². The Labute approximate surface area is 85.6 Å². The van der Waals surface area contributed by atoms with Crippen LogP contribution in [0.4, 0.5) is 5.95 Å². The van der Waals surface area contributed by atoms with E-state index in [0.29, 0.717) is 11.7 Å². The number of aryl methyl sites for hydroxylation is 1. The molecule has 0 amide bonds. The van der Waals surface area contributed by atoms with Gasteiger partial charge in [-0.1, -0.05) is 0 Å². The molecular weight excluding hydrogens is 196 g/mol. The highest BCUT2D eigenvalue weighted by molar-refractivity contribution is 5.76. The average Bonchev–Trinajstić information content (AvgIpc) is 2.83. The van der Waals surface area contributed by atoms with E-state index in [1.54, 1.807) is 25.3 Å². The molecule has 0 saturated carbocycles. The molecule has 2 heterocycles. The first kappa shape index (κ1) is 9.25. The van der Waals surface area contributed by atoms with Gasteiger partial charge in [0.25, 0.3) is 0 Å². The van der Waals surface area contributed by atoms with Crippen LogP contribution >= 0.6 is 0 Å².